The zero-order chi connectivity index (χ0) is 7.84. The summed E-state index contributed by atoms with van der Waals surface area (Å²) in [7, 11) is 0. The number of nitrogens with zero attached hydrogens (tertiary/aromatic N) is 1. The number of hydrogen-bond acceptors (Lipinski definition) is 2. The summed E-state index contributed by atoms with van der Waals surface area (Å²) in [4.78, 5) is 10.7. The maximum atomic E-state index is 10.7. The fraction of sp³-hybridized carbons (Fsp3) is 0. The molecule has 2 amide bonds. The third-order valence-corrected chi connectivity index (χ3v) is 1.49. The Morgan fingerprint density at radius 3 is 3.09 bits per heavy atom. The van der Waals surface area contributed by atoms with Gasteiger partial charge < -0.3 is 11.1 Å². The molecular weight excluding hydrogens is 142 g/mol. The van der Waals surface area contributed by atoms with Gasteiger partial charge in [0.1, 0.15) is 0 Å². The number of fused-ring (bicyclic) bond motifs is 1. The molecule has 4 nitrogen and oxygen atoms in total. The standard InChI is InChI=1S/C7H6N3O/c8-4-1-2-5-6(3-4)10-7(11)9-5/h1-3H,8H2,(H,9,11). The van der Waals surface area contributed by atoms with Crippen molar-refractivity contribution in [2.45, 2.75) is 0 Å². The highest BCUT2D eigenvalue weighted by atomic mass is 16.2. The summed E-state index contributed by atoms with van der Waals surface area (Å²) in [6, 6.07) is 4.79. The van der Waals surface area contributed by atoms with Gasteiger partial charge in [0.25, 0.3) is 0 Å². The van der Waals surface area contributed by atoms with Crippen molar-refractivity contribution in [3.63, 3.8) is 0 Å². The first-order valence-electron chi connectivity index (χ1n) is 3.18. The number of amides is 2. The van der Waals surface area contributed by atoms with E-state index in [0.717, 1.165) is 5.69 Å². The minimum atomic E-state index is -0.328. The molecule has 0 spiro atoms. The molecule has 1 aliphatic rings. The number of nitrogens with two attached hydrogens (primary N) is 1. The van der Waals surface area contributed by atoms with Gasteiger partial charge >= 0.3 is 6.03 Å². The molecule has 1 radical (unpaired) electrons. The molecule has 4 heteroatoms. The molecule has 3 N–H and O–H groups in total. The number of carbonyl (C=O) groups excluding carboxylic acids is 1. The predicted molar refractivity (Wildman–Crippen MR) is 41.7 cm³/mol. The van der Waals surface area contributed by atoms with Crippen LogP contribution < -0.4 is 16.4 Å². The average Bonchev–Trinajstić information content (AvgIpc) is 2.27. The third kappa shape index (κ3) is 0.881. The second kappa shape index (κ2) is 1.88. The van der Waals surface area contributed by atoms with Crippen molar-refractivity contribution in [3.05, 3.63) is 18.2 Å². The minimum absolute atomic E-state index is 0.328. The van der Waals surface area contributed by atoms with Gasteiger partial charge in [-0.1, -0.05) is 0 Å². The van der Waals surface area contributed by atoms with Crippen molar-refractivity contribution in [1.29, 1.82) is 0 Å². The Bertz CT molecular complexity index is 321. The lowest BCUT2D eigenvalue weighted by Crippen LogP contribution is -2.08. The number of hydrogen-bond donors (Lipinski definition) is 2. The van der Waals surface area contributed by atoms with Crippen molar-refractivity contribution in [3.8, 4) is 0 Å². The molecule has 0 unspecified atom stereocenters. The summed E-state index contributed by atoms with van der Waals surface area (Å²) in [5.41, 5.74) is 7.44. The minimum Gasteiger partial charge on any atom is -0.399 e. The topological polar surface area (TPSA) is 69.2 Å². The quantitative estimate of drug-likeness (QED) is 0.540. The zero-order valence-corrected chi connectivity index (χ0v) is 5.66. The molecule has 0 saturated carbocycles. The van der Waals surface area contributed by atoms with Gasteiger partial charge in [-0.3, -0.25) is 0 Å². The van der Waals surface area contributed by atoms with E-state index in [0.29, 0.717) is 11.4 Å². The number of urea groups is 1. The molecule has 1 aromatic carbocycles. The number of carbonyl (C=O) groups is 1. The van der Waals surface area contributed by atoms with E-state index in [-0.39, 0.29) is 6.03 Å². The van der Waals surface area contributed by atoms with Gasteiger partial charge in [0.05, 0.1) is 11.4 Å². The molecule has 0 bridgehead atoms. The Kier molecular flexibility index (Phi) is 1.03. The average molecular weight is 148 g/mol. The summed E-state index contributed by atoms with van der Waals surface area (Å²) in [6.07, 6.45) is 0. The Balaban J connectivity index is 2.51. The van der Waals surface area contributed by atoms with E-state index in [1.54, 1.807) is 18.2 Å². The van der Waals surface area contributed by atoms with Crippen LogP contribution in [0.15, 0.2) is 18.2 Å². The lowest BCUT2D eigenvalue weighted by atomic mass is 10.2. The molecule has 1 heterocycles. The van der Waals surface area contributed by atoms with Crippen molar-refractivity contribution in [2.75, 3.05) is 11.1 Å². The molecule has 55 valence electrons. The Morgan fingerprint density at radius 1 is 1.45 bits per heavy atom. The van der Waals surface area contributed by atoms with E-state index < -0.39 is 0 Å². The first-order valence-corrected chi connectivity index (χ1v) is 3.18. The molecule has 1 aromatic rings. The summed E-state index contributed by atoms with van der Waals surface area (Å²) in [6.45, 7) is 0. The highest BCUT2D eigenvalue weighted by Gasteiger charge is 2.17. The van der Waals surface area contributed by atoms with Crippen LogP contribution in [0.3, 0.4) is 0 Å². The van der Waals surface area contributed by atoms with E-state index in [4.69, 9.17) is 5.73 Å². The summed E-state index contributed by atoms with van der Waals surface area (Å²) in [5.74, 6) is 0. The molecular formula is C7H6N3O. The summed E-state index contributed by atoms with van der Waals surface area (Å²) < 4.78 is 0. The largest absolute Gasteiger partial charge is 0.399 e. The number of nitrogen functional groups attached to an aromatic ring is 1. The maximum absolute atomic E-state index is 10.7. The Labute approximate surface area is 63.4 Å². The van der Waals surface area contributed by atoms with Crippen LogP contribution in [-0.2, 0) is 0 Å². The van der Waals surface area contributed by atoms with Gasteiger partial charge in [-0.05, 0) is 18.2 Å². The van der Waals surface area contributed by atoms with Crippen molar-refractivity contribution < 1.29 is 4.79 Å². The smallest absolute Gasteiger partial charge is 0.346 e. The van der Waals surface area contributed by atoms with Gasteiger partial charge in [-0.2, -0.15) is 5.32 Å². The first kappa shape index (κ1) is 6.03. The van der Waals surface area contributed by atoms with Gasteiger partial charge in [0.15, 0.2) is 0 Å². The van der Waals surface area contributed by atoms with Crippen LogP contribution in [0.2, 0.25) is 0 Å². The molecule has 0 atom stereocenters. The Morgan fingerprint density at radius 2 is 2.27 bits per heavy atom. The lowest BCUT2D eigenvalue weighted by Gasteiger charge is -1.95. The summed E-state index contributed by atoms with van der Waals surface area (Å²) in [5, 5.41) is 6.25. The fourth-order valence-corrected chi connectivity index (χ4v) is 0.999. The van der Waals surface area contributed by atoms with Crippen molar-refractivity contribution >= 4 is 23.1 Å². The number of benzene rings is 1. The van der Waals surface area contributed by atoms with Crippen LogP contribution >= 0.6 is 0 Å². The van der Waals surface area contributed by atoms with Crippen LogP contribution in [0.1, 0.15) is 0 Å². The number of nitrogens with one attached hydrogen (secondary N) is 1. The van der Waals surface area contributed by atoms with Crippen LogP contribution in [0.4, 0.5) is 21.9 Å². The van der Waals surface area contributed by atoms with Gasteiger partial charge in [-0.15, -0.1) is 0 Å². The third-order valence-electron chi connectivity index (χ3n) is 1.49. The molecule has 0 fully saturated rings. The number of anilines is 2. The second-order valence-corrected chi connectivity index (χ2v) is 2.32. The molecule has 11 heavy (non-hydrogen) atoms. The van der Waals surface area contributed by atoms with Gasteiger partial charge in [-0.25, -0.2) is 4.79 Å². The SMILES string of the molecule is Nc1ccc2c(c1)[N]C(=O)N2. The normalized spacial score (nSPS) is 13.6. The van der Waals surface area contributed by atoms with E-state index >= 15 is 0 Å². The van der Waals surface area contributed by atoms with Crippen molar-refractivity contribution in [1.82, 2.24) is 5.32 Å². The first-order chi connectivity index (χ1) is 5.25. The monoisotopic (exact) mass is 148 g/mol. The van der Waals surface area contributed by atoms with Crippen LogP contribution in [0, 0.1) is 0 Å². The van der Waals surface area contributed by atoms with E-state index in [2.05, 4.69) is 10.6 Å². The number of rotatable bonds is 0. The predicted octanol–water partition coefficient (Wildman–Crippen LogP) is 1.05. The maximum Gasteiger partial charge on any atom is 0.346 e. The van der Waals surface area contributed by atoms with Crippen LogP contribution in [0.25, 0.3) is 0 Å². The van der Waals surface area contributed by atoms with E-state index in [9.17, 15) is 4.79 Å². The van der Waals surface area contributed by atoms with Gasteiger partial charge in [0, 0.05) is 5.69 Å². The fourth-order valence-electron chi connectivity index (χ4n) is 0.999. The van der Waals surface area contributed by atoms with Gasteiger partial charge in [0.2, 0.25) is 0 Å². The zero-order valence-electron chi connectivity index (χ0n) is 5.66. The molecule has 2 rings (SSSR count). The highest BCUT2D eigenvalue weighted by molar-refractivity contribution is 6.02. The second-order valence-electron chi connectivity index (χ2n) is 2.32. The van der Waals surface area contributed by atoms with Crippen LogP contribution in [-0.4, -0.2) is 6.03 Å². The van der Waals surface area contributed by atoms with Crippen LogP contribution in [0.5, 0.6) is 0 Å². The lowest BCUT2D eigenvalue weighted by molar-refractivity contribution is 0.256. The summed E-state index contributed by atoms with van der Waals surface area (Å²) >= 11 is 0. The Hall–Kier alpha value is -1.71. The molecule has 1 aliphatic heterocycles. The highest BCUT2D eigenvalue weighted by Crippen LogP contribution is 2.28. The molecule has 0 saturated heterocycles. The molecule has 0 aliphatic carbocycles. The van der Waals surface area contributed by atoms with E-state index in [1.165, 1.54) is 0 Å². The molecule has 0 aromatic heterocycles. The van der Waals surface area contributed by atoms with Crippen molar-refractivity contribution in [2.24, 2.45) is 0 Å². The van der Waals surface area contributed by atoms with E-state index in [1.807, 2.05) is 0 Å².